The van der Waals surface area contributed by atoms with Gasteiger partial charge in [0.15, 0.2) is 11.5 Å². The van der Waals surface area contributed by atoms with Crippen LogP contribution in [0, 0.1) is 13.8 Å². The highest BCUT2D eigenvalue weighted by Gasteiger charge is 2.08. The Bertz CT molecular complexity index is 1070. The summed E-state index contributed by atoms with van der Waals surface area (Å²) in [7, 11) is 1.58. The van der Waals surface area contributed by atoms with Crippen molar-refractivity contribution in [2.45, 2.75) is 27.4 Å². The van der Waals surface area contributed by atoms with E-state index in [1.807, 2.05) is 31.2 Å². The average molecular weight is 439 g/mol. The smallest absolute Gasteiger partial charge is 0.161 e. The molecule has 0 saturated carbocycles. The fourth-order valence-corrected chi connectivity index (χ4v) is 3.28. The molecule has 3 rings (SSSR count). The molecular weight excluding hydrogens is 412 g/mol. The maximum atomic E-state index is 6.14. The van der Waals surface area contributed by atoms with E-state index in [4.69, 9.17) is 25.8 Å². The van der Waals surface area contributed by atoms with Crippen molar-refractivity contribution >= 4 is 23.5 Å². The number of hydrogen-bond donors (Lipinski definition) is 1. The van der Waals surface area contributed by atoms with Gasteiger partial charge in [-0.15, -0.1) is 0 Å². The van der Waals surface area contributed by atoms with Crippen LogP contribution in [0.3, 0.4) is 0 Å². The second-order valence-electron chi connectivity index (χ2n) is 7.08. The van der Waals surface area contributed by atoms with Crippen molar-refractivity contribution in [2.24, 2.45) is 5.10 Å². The molecule has 1 N–H and O–H groups in total. The maximum absolute atomic E-state index is 6.14. The Labute approximate surface area is 188 Å². The van der Waals surface area contributed by atoms with Crippen molar-refractivity contribution in [3.8, 4) is 17.2 Å². The number of halogens is 1. The summed E-state index contributed by atoms with van der Waals surface area (Å²) in [5.41, 5.74) is 8.20. The normalized spacial score (nSPS) is 10.9. The molecule has 0 amide bonds. The molecule has 162 valence electrons. The Kier molecular flexibility index (Phi) is 7.79. The zero-order valence-corrected chi connectivity index (χ0v) is 19.0. The molecule has 0 unspecified atom stereocenters. The lowest BCUT2D eigenvalue weighted by atomic mass is 10.1. The lowest BCUT2D eigenvalue weighted by Crippen LogP contribution is -2.02. The first-order valence-corrected chi connectivity index (χ1v) is 10.5. The van der Waals surface area contributed by atoms with E-state index in [-0.39, 0.29) is 0 Å². The highest BCUT2D eigenvalue weighted by molar-refractivity contribution is 6.32. The lowest BCUT2D eigenvalue weighted by molar-refractivity contribution is 0.269. The number of methoxy groups -OCH3 is 1. The van der Waals surface area contributed by atoms with Crippen LogP contribution in [-0.4, -0.2) is 19.9 Å². The van der Waals surface area contributed by atoms with Gasteiger partial charge in [-0.1, -0.05) is 35.4 Å². The van der Waals surface area contributed by atoms with Crippen LogP contribution in [0.2, 0.25) is 5.02 Å². The maximum Gasteiger partial charge on any atom is 0.161 e. The molecule has 3 aromatic carbocycles. The zero-order valence-electron chi connectivity index (χ0n) is 18.2. The Morgan fingerprint density at radius 2 is 1.74 bits per heavy atom. The van der Waals surface area contributed by atoms with Gasteiger partial charge in [-0.3, -0.25) is 5.43 Å². The molecular formula is C25H27ClN2O3. The first-order chi connectivity index (χ1) is 15.0. The van der Waals surface area contributed by atoms with Crippen molar-refractivity contribution in [2.75, 3.05) is 19.1 Å². The second kappa shape index (κ2) is 10.7. The molecule has 6 heteroatoms. The van der Waals surface area contributed by atoms with Crippen LogP contribution < -0.4 is 19.6 Å². The molecule has 0 saturated heterocycles. The Balaban J connectivity index is 1.69. The van der Waals surface area contributed by atoms with Crippen LogP contribution >= 0.6 is 11.6 Å². The number of nitrogens with one attached hydrogen (secondary N) is 1. The van der Waals surface area contributed by atoms with Crippen LogP contribution in [0.1, 0.15) is 29.2 Å². The minimum Gasteiger partial charge on any atom is -0.495 e. The Hall–Kier alpha value is -3.18. The van der Waals surface area contributed by atoms with Crippen molar-refractivity contribution in [3.05, 3.63) is 81.9 Å². The third-order valence-corrected chi connectivity index (χ3v) is 5.01. The van der Waals surface area contributed by atoms with Gasteiger partial charge < -0.3 is 14.2 Å². The zero-order chi connectivity index (χ0) is 22.2. The molecule has 5 nitrogen and oxygen atoms in total. The van der Waals surface area contributed by atoms with Crippen molar-refractivity contribution < 1.29 is 14.2 Å². The van der Waals surface area contributed by atoms with E-state index >= 15 is 0 Å². The number of rotatable bonds is 9. The average Bonchev–Trinajstić information content (AvgIpc) is 2.76. The summed E-state index contributed by atoms with van der Waals surface area (Å²) in [6.07, 6.45) is 1.72. The number of nitrogens with zero attached hydrogens (tertiary/aromatic N) is 1. The van der Waals surface area contributed by atoms with E-state index in [2.05, 4.69) is 42.6 Å². The van der Waals surface area contributed by atoms with Crippen LogP contribution in [0.15, 0.2) is 59.7 Å². The van der Waals surface area contributed by atoms with Gasteiger partial charge in [-0.25, -0.2) is 0 Å². The molecule has 0 aliphatic rings. The summed E-state index contributed by atoms with van der Waals surface area (Å²) in [4.78, 5) is 0. The summed E-state index contributed by atoms with van der Waals surface area (Å²) in [6, 6.07) is 17.5. The van der Waals surface area contributed by atoms with Gasteiger partial charge in [0.25, 0.3) is 0 Å². The predicted octanol–water partition coefficient (Wildman–Crippen LogP) is 6.39. The third kappa shape index (κ3) is 6.15. The number of hydrogen-bond acceptors (Lipinski definition) is 5. The van der Waals surface area contributed by atoms with Gasteiger partial charge in [0.1, 0.15) is 12.4 Å². The predicted molar refractivity (Wildman–Crippen MR) is 127 cm³/mol. The summed E-state index contributed by atoms with van der Waals surface area (Å²) < 4.78 is 17.0. The number of anilines is 1. The number of aryl methyl sites for hydroxylation is 2. The van der Waals surface area contributed by atoms with E-state index < -0.39 is 0 Å². The fourth-order valence-electron chi connectivity index (χ4n) is 3.02. The summed E-state index contributed by atoms with van der Waals surface area (Å²) in [5.74, 6) is 2.01. The topological polar surface area (TPSA) is 52.1 Å². The summed E-state index contributed by atoms with van der Waals surface area (Å²) in [5, 5.41) is 4.80. The molecule has 0 fully saturated rings. The first kappa shape index (κ1) is 22.5. The molecule has 0 bridgehead atoms. The Morgan fingerprint density at radius 1 is 0.935 bits per heavy atom. The van der Waals surface area contributed by atoms with Gasteiger partial charge in [0, 0.05) is 0 Å². The standard InChI is InChI=1S/C25H27ClN2O3/c1-5-30-25-13-19(15-27-28-21-9-11-23(29-4)22(26)14-21)8-10-24(25)31-16-20-12-17(2)6-7-18(20)3/h6-15,28H,5,16H2,1-4H3/b27-15+. The minimum atomic E-state index is 0.487. The molecule has 0 spiro atoms. The van der Waals surface area contributed by atoms with Crippen LogP contribution in [0.5, 0.6) is 17.2 Å². The van der Waals surface area contributed by atoms with Crippen molar-refractivity contribution in [1.29, 1.82) is 0 Å². The highest BCUT2D eigenvalue weighted by atomic mass is 35.5. The Morgan fingerprint density at radius 3 is 2.48 bits per heavy atom. The van der Waals surface area contributed by atoms with Gasteiger partial charge in [-0.2, -0.15) is 5.10 Å². The molecule has 0 atom stereocenters. The number of hydrazone groups is 1. The van der Waals surface area contributed by atoms with E-state index in [0.29, 0.717) is 35.5 Å². The highest BCUT2D eigenvalue weighted by Crippen LogP contribution is 2.30. The summed E-state index contributed by atoms with van der Waals surface area (Å²) in [6.45, 7) is 7.15. The largest absolute Gasteiger partial charge is 0.495 e. The second-order valence-corrected chi connectivity index (χ2v) is 7.48. The quantitative estimate of drug-likeness (QED) is 0.310. The first-order valence-electron chi connectivity index (χ1n) is 10.1. The molecule has 0 aliphatic heterocycles. The molecule has 0 heterocycles. The van der Waals surface area contributed by atoms with Crippen LogP contribution in [-0.2, 0) is 6.61 Å². The van der Waals surface area contributed by atoms with Crippen LogP contribution in [0.25, 0.3) is 0 Å². The molecule has 0 aromatic heterocycles. The van der Waals surface area contributed by atoms with Crippen molar-refractivity contribution in [1.82, 2.24) is 0 Å². The minimum absolute atomic E-state index is 0.487. The van der Waals surface area contributed by atoms with E-state index in [1.54, 1.807) is 25.5 Å². The third-order valence-electron chi connectivity index (χ3n) is 4.71. The lowest BCUT2D eigenvalue weighted by Gasteiger charge is -2.14. The number of benzene rings is 3. The number of ether oxygens (including phenoxy) is 3. The van der Waals surface area contributed by atoms with Crippen LogP contribution in [0.4, 0.5) is 5.69 Å². The molecule has 3 aromatic rings. The van der Waals surface area contributed by atoms with E-state index in [9.17, 15) is 0 Å². The van der Waals surface area contributed by atoms with Crippen molar-refractivity contribution in [3.63, 3.8) is 0 Å². The van der Waals surface area contributed by atoms with Gasteiger partial charge in [-0.05, 0) is 73.9 Å². The van der Waals surface area contributed by atoms with E-state index in [0.717, 1.165) is 16.8 Å². The van der Waals surface area contributed by atoms with Gasteiger partial charge in [0.05, 0.1) is 30.6 Å². The summed E-state index contributed by atoms with van der Waals surface area (Å²) >= 11 is 6.14. The van der Waals surface area contributed by atoms with E-state index in [1.165, 1.54) is 11.1 Å². The monoisotopic (exact) mass is 438 g/mol. The molecule has 0 radical (unpaired) electrons. The molecule has 31 heavy (non-hydrogen) atoms. The SMILES string of the molecule is CCOc1cc(/C=N/Nc2ccc(OC)c(Cl)c2)ccc1OCc1cc(C)ccc1C. The molecule has 0 aliphatic carbocycles. The van der Waals surface area contributed by atoms with Gasteiger partial charge >= 0.3 is 0 Å². The van der Waals surface area contributed by atoms with Gasteiger partial charge in [0.2, 0.25) is 0 Å². The fraction of sp³-hybridized carbons (Fsp3) is 0.240.